The van der Waals surface area contributed by atoms with Crippen LogP contribution in [0.4, 0.5) is 0 Å². The Bertz CT molecular complexity index is 729. The maximum Gasteiger partial charge on any atom is 0.116 e. The molecule has 0 amide bonds. The van der Waals surface area contributed by atoms with Crippen molar-refractivity contribution in [1.29, 1.82) is 0 Å². The lowest BCUT2D eigenvalue weighted by Gasteiger charge is -2.04. The molecule has 0 atom stereocenters. The second kappa shape index (κ2) is 4.40. The average molecular weight is 253 g/mol. The largest absolute Gasteiger partial charge is 0.508 e. The standard InChI is InChI=1S/C15H15N3O/c1-18-14-5-3-12(19)6-11(14)7-15(18)13-4-2-10(8-16)9-17-13/h2-7,9,19H,8,16H2,1H3. The van der Waals surface area contributed by atoms with Crippen molar-refractivity contribution in [3.05, 3.63) is 48.2 Å². The lowest BCUT2D eigenvalue weighted by molar-refractivity contribution is 0.476. The van der Waals surface area contributed by atoms with Gasteiger partial charge in [-0.2, -0.15) is 0 Å². The third-order valence-corrected chi connectivity index (χ3v) is 3.35. The number of aryl methyl sites for hydroxylation is 1. The van der Waals surface area contributed by atoms with Gasteiger partial charge in [-0.1, -0.05) is 6.07 Å². The first-order chi connectivity index (χ1) is 9.19. The summed E-state index contributed by atoms with van der Waals surface area (Å²) in [5.41, 5.74) is 9.57. The summed E-state index contributed by atoms with van der Waals surface area (Å²) < 4.78 is 2.07. The number of hydrogen-bond donors (Lipinski definition) is 2. The molecule has 0 saturated heterocycles. The third kappa shape index (κ3) is 1.96. The van der Waals surface area contributed by atoms with Crippen LogP contribution >= 0.6 is 0 Å². The normalized spacial score (nSPS) is 11.1. The van der Waals surface area contributed by atoms with Gasteiger partial charge in [0.05, 0.1) is 11.4 Å². The van der Waals surface area contributed by atoms with E-state index in [2.05, 4.69) is 9.55 Å². The molecule has 0 unspecified atom stereocenters. The van der Waals surface area contributed by atoms with E-state index in [0.29, 0.717) is 6.54 Å². The van der Waals surface area contributed by atoms with E-state index in [1.807, 2.05) is 31.3 Å². The summed E-state index contributed by atoms with van der Waals surface area (Å²) in [7, 11) is 1.99. The molecular formula is C15H15N3O. The highest BCUT2D eigenvalue weighted by Gasteiger charge is 2.09. The van der Waals surface area contributed by atoms with Gasteiger partial charge >= 0.3 is 0 Å². The summed E-state index contributed by atoms with van der Waals surface area (Å²) in [6.45, 7) is 0.496. The van der Waals surface area contributed by atoms with E-state index < -0.39 is 0 Å². The predicted octanol–water partition coefficient (Wildman–Crippen LogP) is 2.40. The maximum absolute atomic E-state index is 9.53. The summed E-state index contributed by atoms with van der Waals surface area (Å²) in [4.78, 5) is 4.43. The molecule has 0 radical (unpaired) electrons. The van der Waals surface area contributed by atoms with Crippen molar-refractivity contribution in [2.45, 2.75) is 6.54 Å². The molecule has 19 heavy (non-hydrogen) atoms. The Morgan fingerprint density at radius 1 is 1.21 bits per heavy atom. The van der Waals surface area contributed by atoms with Crippen LogP contribution in [0.1, 0.15) is 5.56 Å². The molecule has 3 rings (SSSR count). The van der Waals surface area contributed by atoms with Gasteiger partial charge in [-0.15, -0.1) is 0 Å². The van der Waals surface area contributed by atoms with Crippen LogP contribution in [0.2, 0.25) is 0 Å². The Balaban J connectivity index is 2.15. The highest BCUT2D eigenvalue weighted by atomic mass is 16.3. The number of fused-ring (bicyclic) bond motifs is 1. The summed E-state index contributed by atoms with van der Waals surface area (Å²) >= 11 is 0. The Kier molecular flexibility index (Phi) is 2.72. The van der Waals surface area contributed by atoms with Gasteiger partial charge in [0, 0.05) is 30.7 Å². The zero-order valence-electron chi connectivity index (χ0n) is 10.7. The summed E-state index contributed by atoms with van der Waals surface area (Å²) in [5.74, 6) is 0.274. The number of phenols is 1. The molecule has 0 fully saturated rings. The summed E-state index contributed by atoms with van der Waals surface area (Å²) in [6, 6.07) is 11.3. The van der Waals surface area contributed by atoms with E-state index in [-0.39, 0.29) is 5.75 Å². The molecule has 2 heterocycles. The van der Waals surface area contributed by atoms with Crippen molar-refractivity contribution in [3.63, 3.8) is 0 Å². The van der Waals surface area contributed by atoms with Crippen molar-refractivity contribution >= 4 is 10.9 Å². The van der Waals surface area contributed by atoms with E-state index in [1.54, 1.807) is 18.3 Å². The van der Waals surface area contributed by atoms with Crippen LogP contribution in [-0.2, 0) is 13.6 Å². The van der Waals surface area contributed by atoms with Gasteiger partial charge < -0.3 is 15.4 Å². The molecule has 1 aromatic carbocycles. The van der Waals surface area contributed by atoms with Crippen LogP contribution in [-0.4, -0.2) is 14.7 Å². The minimum atomic E-state index is 0.274. The Morgan fingerprint density at radius 3 is 2.74 bits per heavy atom. The smallest absolute Gasteiger partial charge is 0.116 e. The van der Waals surface area contributed by atoms with Crippen molar-refractivity contribution < 1.29 is 5.11 Å². The highest BCUT2D eigenvalue weighted by Crippen LogP contribution is 2.28. The number of rotatable bonds is 2. The van der Waals surface area contributed by atoms with E-state index in [0.717, 1.165) is 27.9 Å². The number of nitrogens with two attached hydrogens (primary N) is 1. The fourth-order valence-corrected chi connectivity index (χ4v) is 2.28. The van der Waals surface area contributed by atoms with Gasteiger partial charge in [-0.3, -0.25) is 4.98 Å². The number of aromatic nitrogens is 2. The fraction of sp³-hybridized carbons (Fsp3) is 0.133. The number of aromatic hydroxyl groups is 1. The predicted molar refractivity (Wildman–Crippen MR) is 75.7 cm³/mol. The second-order valence-electron chi connectivity index (χ2n) is 4.59. The summed E-state index contributed by atoms with van der Waals surface area (Å²) in [5, 5.41) is 10.5. The molecule has 3 N–H and O–H groups in total. The van der Waals surface area contributed by atoms with Crippen molar-refractivity contribution in [3.8, 4) is 17.1 Å². The Hall–Kier alpha value is -2.33. The number of hydrogen-bond acceptors (Lipinski definition) is 3. The first-order valence-corrected chi connectivity index (χ1v) is 6.13. The fourth-order valence-electron chi connectivity index (χ4n) is 2.28. The second-order valence-corrected chi connectivity index (χ2v) is 4.59. The quantitative estimate of drug-likeness (QED) is 0.737. The minimum absolute atomic E-state index is 0.274. The van der Waals surface area contributed by atoms with Gasteiger partial charge in [0.1, 0.15) is 5.75 Å². The highest BCUT2D eigenvalue weighted by molar-refractivity contribution is 5.87. The van der Waals surface area contributed by atoms with Crippen molar-refractivity contribution in [2.75, 3.05) is 0 Å². The molecule has 4 nitrogen and oxygen atoms in total. The summed E-state index contributed by atoms with van der Waals surface area (Å²) in [6.07, 6.45) is 1.80. The van der Waals surface area contributed by atoms with Crippen LogP contribution in [0.25, 0.3) is 22.3 Å². The van der Waals surface area contributed by atoms with Crippen molar-refractivity contribution in [1.82, 2.24) is 9.55 Å². The molecule has 4 heteroatoms. The maximum atomic E-state index is 9.53. The zero-order chi connectivity index (χ0) is 13.4. The van der Waals surface area contributed by atoms with Crippen LogP contribution in [0.5, 0.6) is 5.75 Å². The lowest BCUT2D eigenvalue weighted by atomic mass is 10.2. The van der Waals surface area contributed by atoms with Gasteiger partial charge in [-0.05, 0) is 35.9 Å². The minimum Gasteiger partial charge on any atom is -0.508 e. The van der Waals surface area contributed by atoms with Gasteiger partial charge in [0.25, 0.3) is 0 Å². The van der Waals surface area contributed by atoms with E-state index >= 15 is 0 Å². The Morgan fingerprint density at radius 2 is 2.05 bits per heavy atom. The molecule has 3 aromatic rings. The molecule has 2 aromatic heterocycles. The number of pyridine rings is 1. The van der Waals surface area contributed by atoms with Crippen molar-refractivity contribution in [2.24, 2.45) is 12.8 Å². The van der Waals surface area contributed by atoms with E-state index in [4.69, 9.17) is 5.73 Å². The molecule has 0 saturated carbocycles. The van der Waals surface area contributed by atoms with Crippen LogP contribution < -0.4 is 5.73 Å². The molecule has 0 bridgehead atoms. The molecule has 0 spiro atoms. The monoisotopic (exact) mass is 253 g/mol. The van der Waals surface area contributed by atoms with Gasteiger partial charge in [0.15, 0.2) is 0 Å². The molecular weight excluding hydrogens is 238 g/mol. The van der Waals surface area contributed by atoms with E-state index in [9.17, 15) is 5.11 Å². The Labute approximate surface area is 111 Å². The van der Waals surface area contributed by atoms with Crippen LogP contribution in [0.15, 0.2) is 42.6 Å². The molecule has 96 valence electrons. The third-order valence-electron chi connectivity index (χ3n) is 3.35. The first-order valence-electron chi connectivity index (χ1n) is 6.13. The SMILES string of the molecule is Cn1c(-c2ccc(CN)cn2)cc2cc(O)ccc21. The van der Waals surface area contributed by atoms with E-state index in [1.165, 1.54) is 0 Å². The number of nitrogens with zero attached hydrogens (tertiary/aromatic N) is 2. The molecule has 0 aliphatic rings. The zero-order valence-corrected chi connectivity index (χ0v) is 10.7. The average Bonchev–Trinajstić information content (AvgIpc) is 2.75. The van der Waals surface area contributed by atoms with Crippen LogP contribution in [0, 0.1) is 0 Å². The first kappa shape index (κ1) is 11.7. The topological polar surface area (TPSA) is 64.1 Å². The molecule has 0 aliphatic carbocycles. The van der Waals surface area contributed by atoms with Crippen LogP contribution in [0.3, 0.4) is 0 Å². The van der Waals surface area contributed by atoms with Gasteiger partial charge in [-0.25, -0.2) is 0 Å². The number of benzene rings is 1. The lowest BCUT2D eigenvalue weighted by Crippen LogP contribution is -1.98. The van der Waals surface area contributed by atoms with Gasteiger partial charge in [0.2, 0.25) is 0 Å². The number of phenolic OH excluding ortho intramolecular Hbond substituents is 1. The molecule has 0 aliphatic heterocycles.